The lowest BCUT2D eigenvalue weighted by atomic mass is 9.96. The van der Waals surface area contributed by atoms with Crippen molar-refractivity contribution in [1.82, 2.24) is 0 Å². The summed E-state index contributed by atoms with van der Waals surface area (Å²) < 4.78 is 22.1. The van der Waals surface area contributed by atoms with Crippen molar-refractivity contribution >= 4 is 8.25 Å². The summed E-state index contributed by atoms with van der Waals surface area (Å²) in [4.78, 5) is 0. The lowest BCUT2D eigenvalue weighted by Crippen LogP contribution is -2.18. The molecule has 1 rings (SSSR count). The van der Waals surface area contributed by atoms with Gasteiger partial charge in [-0.2, -0.15) is 0 Å². The molecule has 1 aliphatic rings. The molecule has 0 radical (unpaired) electrons. The summed E-state index contributed by atoms with van der Waals surface area (Å²) in [5.41, 5.74) is 0. The van der Waals surface area contributed by atoms with Crippen LogP contribution in [0.4, 0.5) is 0 Å². The second-order valence-electron chi connectivity index (χ2n) is 4.58. The Morgan fingerprint density at radius 1 is 1.00 bits per heavy atom. The van der Waals surface area contributed by atoms with E-state index in [2.05, 4.69) is 27.7 Å². The predicted octanol–water partition coefficient (Wildman–Crippen LogP) is 3.52. The largest absolute Gasteiger partial charge is 0.697 e. The maximum Gasteiger partial charge on any atom is 0.697 e. The normalized spacial score (nSPS) is 29.7. The molecule has 1 heterocycles. The molecule has 0 aromatic rings. The van der Waals surface area contributed by atoms with Crippen LogP contribution in [0.5, 0.6) is 0 Å². The van der Waals surface area contributed by atoms with Crippen LogP contribution in [0, 0.1) is 11.8 Å². The van der Waals surface area contributed by atoms with Gasteiger partial charge in [-0.1, -0.05) is 27.7 Å². The van der Waals surface area contributed by atoms with E-state index in [-0.39, 0.29) is 12.2 Å². The van der Waals surface area contributed by atoms with E-state index in [0.29, 0.717) is 11.8 Å². The van der Waals surface area contributed by atoms with Gasteiger partial charge in [0, 0.05) is 4.57 Å². The van der Waals surface area contributed by atoms with E-state index in [1.54, 1.807) is 0 Å². The average molecular weight is 219 g/mol. The van der Waals surface area contributed by atoms with Crippen LogP contribution in [0.1, 0.15) is 40.5 Å². The number of rotatable bonds is 2. The fourth-order valence-electron chi connectivity index (χ4n) is 1.59. The van der Waals surface area contributed by atoms with Gasteiger partial charge in [0.25, 0.3) is 0 Å². The van der Waals surface area contributed by atoms with Crippen LogP contribution in [0.3, 0.4) is 0 Å². The Hall–Kier alpha value is 0.0200. The fraction of sp³-hybridized carbons (Fsp3) is 1.00. The quantitative estimate of drug-likeness (QED) is 0.666. The molecule has 0 unspecified atom stereocenters. The lowest BCUT2D eigenvalue weighted by molar-refractivity contribution is 0.130. The molecule has 82 valence electrons. The molecule has 1 fully saturated rings. The number of hydrogen-bond donors (Lipinski definition) is 0. The zero-order chi connectivity index (χ0) is 10.7. The van der Waals surface area contributed by atoms with Gasteiger partial charge in [0.05, 0.1) is 0 Å². The Kier molecular flexibility index (Phi) is 4.49. The van der Waals surface area contributed by atoms with Crippen molar-refractivity contribution in [2.24, 2.45) is 11.8 Å². The summed E-state index contributed by atoms with van der Waals surface area (Å²) in [5.74, 6) is 0.812. The summed E-state index contributed by atoms with van der Waals surface area (Å²) in [6, 6.07) is 0. The highest BCUT2D eigenvalue weighted by Gasteiger charge is 2.38. The van der Waals surface area contributed by atoms with Crippen molar-refractivity contribution in [2.45, 2.75) is 52.7 Å². The molecular weight excluding hydrogens is 199 g/mol. The topological polar surface area (TPSA) is 35.5 Å². The first-order chi connectivity index (χ1) is 6.50. The molecule has 14 heavy (non-hydrogen) atoms. The Bertz CT molecular complexity index is 184. The van der Waals surface area contributed by atoms with E-state index in [9.17, 15) is 4.57 Å². The molecule has 0 bridgehead atoms. The van der Waals surface area contributed by atoms with Crippen LogP contribution >= 0.6 is 8.25 Å². The molecule has 0 amide bonds. The van der Waals surface area contributed by atoms with E-state index >= 15 is 0 Å². The fourth-order valence-corrected chi connectivity index (χ4v) is 2.78. The first kappa shape index (κ1) is 12.1. The van der Waals surface area contributed by atoms with Gasteiger partial charge >= 0.3 is 8.25 Å². The first-order valence-electron chi connectivity index (χ1n) is 5.31. The molecule has 0 saturated carbocycles. The maximum absolute atomic E-state index is 11.4. The molecule has 3 nitrogen and oxygen atoms in total. The highest BCUT2D eigenvalue weighted by Crippen LogP contribution is 2.38. The molecule has 0 N–H and O–H groups in total. The highest BCUT2D eigenvalue weighted by molar-refractivity contribution is 7.33. The third-order valence-electron chi connectivity index (χ3n) is 2.67. The summed E-state index contributed by atoms with van der Waals surface area (Å²) in [5, 5.41) is 0. The zero-order valence-corrected chi connectivity index (χ0v) is 10.3. The van der Waals surface area contributed by atoms with Gasteiger partial charge in [-0.25, -0.2) is 0 Å². The van der Waals surface area contributed by atoms with Crippen LogP contribution in [0.15, 0.2) is 0 Å². The van der Waals surface area contributed by atoms with Crippen molar-refractivity contribution in [2.75, 3.05) is 0 Å². The Balaban J connectivity index is 2.58. The van der Waals surface area contributed by atoms with Gasteiger partial charge in [-0.3, -0.25) is 0 Å². The minimum Gasteiger partial charge on any atom is -0.115 e. The van der Waals surface area contributed by atoms with E-state index in [1.165, 1.54) is 0 Å². The van der Waals surface area contributed by atoms with Gasteiger partial charge in [0.15, 0.2) is 0 Å². The van der Waals surface area contributed by atoms with Crippen molar-refractivity contribution in [3.63, 3.8) is 0 Å². The minimum absolute atomic E-state index is 0.0855. The summed E-state index contributed by atoms with van der Waals surface area (Å²) in [7, 11) is -1.91. The number of hydrogen-bond acceptors (Lipinski definition) is 3. The summed E-state index contributed by atoms with van der Waals surface area (Å²) >= 11 is 0. The lowest BCUT2D eigenvalue weighted by Gasteiger charge is -2.13. The van der Waals surface area contributed by atoms with Crippen LogP contribution in [0.25, 0.3) is 0 Å². The van der Waals surface area contributed by atoms with Gasteiger partial charge < -0.3 is 0 Å². The van der Waals surface area contributed by atoms with Gasteiger partial charge in [-0.15, -0.1) is 9.05 Å². The maximum atomic E-state index is 11.4. The van der Waals surface area contributed by atoms with Crippen molar-refractivity contribution in [1.29, 1.82) is 0 Å². The molecule has 0 aliphatic carbocycles. The third kappa shape index (κ3) is 3.30. The Morgan fingerprint density at radius 2 is 1.36 bits per heavy atom. The van der Waals surface area contributed by atoms with Crippen molar-refractivity contribution in [3.05, 3.63) is 0 Å². The zero-order valence-electron chi connectivity index (χ0n) is 9.40. The Labute approximate surface area is 87.1 Å². The monoisotopic (exact) mass is 219 g/mol. The molecule has 4 heteroatoms. The molecule has 1 saturated heterocycles. The molecule has 1 aliphatic heterocycles. The van der Waals surface area contributed by atoms with Gasteiger partial charge in [-0.05, 0) is 24.7 Å². The van der Waals surface area contributed by atoms with Gasteiger partial charge in [0.2, 0.25) is 0 Å². The van der Waals surface area contributed by atoms with E-state index in [4.69, 9.17) is 9.05 Å². The third-order valence-corrected chi connectivity index (χ3v) is 3.55. The molecular formula is C10H20O3P+. The molecule has 0 aromatic heterocycles. The summed E-state index contributed by atoms with van der Waals surface area (Å²) in [6.07, 6.45) is 2.06. The predicted molar refractivity (Wildman–Crippen MR) is 56.3 cm³/mol. The second kappa shape index (κ2) is 5.20. The molecule has 0 aromatic carbocycles. The Morgan fingerprint density at radius 3 is 1.64 bits per heavy atom. The van der Waals surface area contributed by atoms with Crippen molar-refractivity contribution < 1.29 is 13.6 Å². The van der Waals surface area contributed by atoms with Crippen LogP contribution in [-0.2, 0) is 13.6 Å². The minimum atomic E-state index is -1.91. The van der Waals surface area contributed by atoms with Crippen LogP contribution in [0.2, 0.25) is 0 Å². The van der Waals surface area contributed by atoms with Crippen LogP contribution < -0.4 is 0 Å². The second-order valence-corrected chi connectivity index (χ2v) is 5.45. The SMILES string of the molecule is CC(C)[C@@H]1CC[C@@H](C(C)C)O[P+](=O)O1. The van der Waals surface area contributed by atoms with E-state index < -0.39 is 8.25 Å². The van der Waals surface area contributed by atoms with Crippen molar-refractivity contribution in [3.8, 4) is 0 Å². The van der Waals surface area contributed by atoms with Gasteiger partial charge in [0.1, 0.15) is 12.2 Å². The standard InChI is InChI=1S/C10H20O3P/c1-7(2)9-5-6-10(8(3)4)13-14(11)12-9/h7-10H,5-6H2,1-4H3/q+1/t9-,10-/m0/s1. The molecule has 2 atom stereocenters. The average Bonchev–Trinajstić information content (AvgIpc) is 2.26. The first-order valence-corrected chi connectivity index (χ1v) is 6.41. The van der Waals surface area contributed by atoms with Crippen LogP contribution in [-0.4, -0.2) is 12.2 Å². The van der Waals surface area contributed by atoms with E-state index in [0.717, 1.165) is 12.8 Å². The van der Waals surface area contributed by atoms with E-state index in [1.807, 2.05) is 0 Å². The highest BCUT2D eigenvalue weighted by atomic mass is 31.1. The smallest absolute Gasteiger partial charge is 0.115 e. The summed E-state index contributed by atoms with van der Waals surface area (Å²) in [6.45, 7) is 8.35. The molecule has 0 spiro atoms.